The third-order valence-electron chi connectivity index (χ3n) is 6.56. The highest BCUT2D eigenvalue weighted by Gasteiger charge is 2.42. The lowest BCUT2D eigenvalue weighted by atomic mass is 9.73. The van der Waals surface area contributed by atoms with E-state index in [-0.39, 0.29) is 16.9 Å². The number of anilines is 1. The van der Waals surface area contributed by atoms with Gasteiger partial charge in [-0.2, -0.15) is 4.98 Å². The maximum Gasteiger partial charge on any atom is 0.269 e. The summed E-state index contributed by atoms with van der Waals surface area (Å²) in [7, 11) is 0. The summed E-state index contributed by atoms with van der Waals surface area (Å²) in [6.07, 6.45) is 1.11. The van der Waals surface area contributed by atoms with Crippen LogP contribution in [0.1, 0.15) is 55.0 Å². The summed E-state index contributed by atoms with van der Waals surface area (Å²) in [6, 6.07) is 12.3. The number of nitrogens with one attached hydrogen (secondary N) is 1. The molecule has 1 aliphatic carbocycles. The van der Waals surface area contributed by atoms with Crippen molar-refractivity contribution in [3.63, 3.8) is 0 Å². The van der Waals surface area contributed by atoms with Crippen molar-refractivity contribution in [1.29, 1.82) is 0 Å². The molecular formula is C26H27N5O3S. The first-order chi connectivity index (χ1) is 16.6. The second kappa shape index (κ2) is 8.64. The molecule has 0 amide bonds. The Bertz CT molecular complexity index is 1390. The molecule has 0 radical (unpaired) electrons. The summed E-state index contributed by atoms with van der Waals surface area (Å²) in [5, 5.41) is 20.2. The minimum Gasteiger partial charge on any atom is -0.328 e. The Kier molecular flexibility index (Phi) is 5.75. The van der Waals surface area contributed by atoms with E-state index < -0.39 is 11.0 Å². The monoisotopic (exact) mass is 489 g/mol. The van der Waals surface area contributed by atoms with Crippen LogP contribution in [0.2, 0.25) is 0 Å². The molecule has 2 aliphatic rings. The molecule has 9 heteroatoms. The van der Waals surface area contributed by atoms with Crippen molar-refractivity contribution in [2.24, 2.45) is 5.41 Å². The highest BCUT2D eigenvalue weighted by atomic mass is 32.2. The molecule has 1 unspecified atom stereocenters. The van der Waals surface area contributed by atoms with E-state index in [2.05, 4.69) is 51.2 Å². The number of fused-ring (bicyclic) bond motifs is 1. The van der Waals surface area contributed by atoms with Crippen molar-refractivity contribution in [3.05, 3.63) is 86.1 Å². The number of non-ortho nitro benzene ring substituents is 1. The molecule has 1 aromatic heterocycles. The standard InChI is InChI=1S/C26H27N5O3S/c1-15-8-9-18(16(2)10-15)14-35-25-28-24-27-20-12-26(3,4)13-21(32)22(20)23(30(24)29-25)17-6-5-7-19(11-17)31(33)34/h5-11,23H,12-14H2,1-4H3,(H,27,28,29). The Balaban J connectivity index is 1.55. The van der Waals surface area contributed by atoms with Gasteiger partial charge in [0.25, 0.3) is 5.69 Å². The fourth-order valence-electron chi connectivity index (χ4n) is 4.92. The van der Waals surface area contributed by atoms with Crippen LogP contribution in [0.4, 0.5) is 11.6 Å². The van der Waals surface area contributed by atoms with Crippen LogP contribution in [0.5, 0.6) is 0 Å². The van der Waals surface area contributed by atoms with E-state index in [0.29, 0.717) is 35.1 Å². The van der Waals surface area contributed by atoms with Gasteiger partial charge in [0.05, 0.1) is 4.92 Å². The van der Waals surface area contributed by atoms with Gasteiger partial charge in [0.2, 0.25) is 11.1 Å². The van der Waals surface area contributed by atoms with E-state index in [0.717, 1.165) is 11.4 Å². The molecule has 2 aromatic carbocycles. The summed E-state index contributed by atoms with van der Waals surface area (Å²) >= 11 is 1.53. The molecule has 0 bridgehead atoms. The number of nitro benzene ring substituents is 1. The highest BCUT2D eigenvalue weighted by molar-refractivity contribution is 7.98. The number of carbonyl (C=O) groups excluding carboxylic acids is 1. The second-order valence-electron chi connectivity index (χ2n) is 10.1. The van der Waals surface area contributed by atoms with Crippen molar-refractivity contribution < 1.29 is 9.72 Å². The Hall–Kier alpha value is -3.46. The van der Waals surface area contributed by atoms with Crippen molar-refractivity contribution >= 4 is 29.2 Å². The molecule has 2 heterocycles. The van der Waals surface area contributed by atoms with E-state index in [9.17, 15) is 14.9 Å². The second-order valence-corrected chi connectivity index (χ2v) is 11.0. The molecule has 0 saturated carbocycles. The molecule has 5 rings (SSSR count). The summed E-state index contributed by atoms with van der Waals surface area (Å²) in [4.78, 5) is 29.1. The molecule has 35 heavy (non-hydrogen) atoms. The minimum absolute atomic E-state index is 0.0159. The molecule has 180 valence electrons. The zero-order valence-corrected chi connectivity index (χ0v) is 21.0. The van der Waals surface area contributed by atoms with Crippen molar-refractivity contribution in [3.8, 4) is 0 Å². The van der Waals surface area contributed by atoms with Gasteiger partial charge in [-0.3, -0.25) is 14.9 Å². The summed E-state index contributed by atoms with van der Waals surface area (Å²) in [6.45, 7) is 8.32. The average Bonchev–Trinajstić information content (AvgIpc) is 3.18. The first kappa shape index (κ1) is 23.3. The molecule has 1 N–H and O–H groups in total. The van der Waals surface area contributed by atoms with E-state index in [1.54, 1.807) is 10.7 Å². The molecule has 0 fully saturated rings. The third-order valence-corrected chi connectivity index (χ3v) is 7.45. The number of allylic oxidation sites excluding steroid dienone is 2. The summed E-state index contributed by atoms with van der Waals surface area (Å²) in [5.41, 5.74) is 5.56. The number of nitrogens with zero attached hydrogens (tertiary/aromatic N) is 4. The Morgan fingerprint density at radius 1 is 1.20 bits per heavy atom. The van der Waals surface area contributed by atoms with Crippen LogP contribution in [0.3, 0.4) is 0 Å². The van der Waals surface area contributed by atoms with Gasteiger partial charge >= 0.3 is 0 Å². The van der Waals surface area contributed by atoms with E-state index in [1.807, 2.05) is 6.07 Å². The number of aryl methyl sites for hydroxylation is 2. The molecule has 1 atom stereocenters. The van der Waals surface area contributed by atoms with Gasteiger partial charge in [-0.05, 0) is 42.4 Å². The maximum absolute atomic E-state index is 13.3. The lowest BCUT2D eigenvalue weighted by molar-refractivity contribution is -0.384. The smallest absolute Gasteiger partial charge is 0.269 e. The fourth-order valence-corrected chi connectivity index (χ4v) is 5.82. The molecule has 0 spiro atoms. The lowest BCUT2D eigenvalue weighted by Gasteiger charge is -2.38. The van der Waals surface area contributed by atoms with Gasteiger partial charge in [0, 0.05) is 35.6 Å². The zero-order valence-electron chi connectivity index (χ0n) is 20.2. The van der Waals surface area contributed by atoms with Crippen molar-refractivity contribution in [2.75, 3.05) is 5.32 Å². The number of hydrogen-bond acceptors (Lipinski definition) is 7. The molecular weight excluding hydrogens is 462 g/mol. The topological polar surface area (TPSA) is 103 Å². The van der Waals surface area contributed by atoms with Gasteiger partial charge in [0.15, 0.2) is 5.78 Å². The number of nitro groups is 1. The summed E-state index contributed by atoms with van der Waals surface area (Å²) in [5.74, 6) is 1.30. The summed E-state index contributed by atoms with van der Waals surface area (Å²) < 4.78 is 1.71. The van der Waals surface area contributed by atoms with Gasteiger partial charge in [0.1, 0.15) is 6.04 Å². The molecule has 3 aromatic rings. The highest BCUT2D eigenvalue weighted by Crippen LogP contribution is 2.46. The van der Waals surface area contributed by atoms with Gasteiger partial charge in [-0.1, -0.05) is 61.5 Å². The normalized spacial score (nSPS) is 18.6. The fraction of sp³-hybridized carbons (Fsp3) is 0.346. The average molecular weight is 490 g/mol. The van der Waals surface area contributed by atoms with Crippen LogP contribution >= 0.6 is 11.8 Å². The van der Waals surface area contributed by atoms with Crippen LogP contribution in [-0.4, -0.2) is 25.5 Å². The SMILES string of the molecule is Cc1ccc(CSc2nc3n(n2)C(c2cccc([N+](=O)[O-])c2)C2=C(CC(C)(C)CC2=O)N3)c(C)c1. The first-order valence-electron chi connectivity index (χ1n) is 11.5. The number of Topliss-reactive ketones (excluding diaryl/α,β-unsaturated/α-hetero) is 1. The zero-order chi connectivity index (χ0) is 24.9. The maximum atomic E-state index is 13.3. The van der Waals surface area contributed by atoms with Gasteiger partial charge in [-0.15, -0.1) is 5.10 Å². The van der Waals surface area contributed by atoms with Gasteiger partial charge in [-0.25, -0.2) is 4.68 Å². The number of carbonyl (C=O) groups is 1. The third kappa shape index (κ3) is 4.48. The van der Waals surface area contributed by atoms with Crippen LogP contribution < -0.4 is 5.32 Å². The predicted molar refractivity (Wildman–Crippen MR) is 135 cm³/mol. The number of ketones is 1. The van der Waals surface area contributed by atoms with Crippen LogP contribution in [-0.2, 0) is 10.5 Å². The molecule has 1 aliphatic heterocycles. The van der Waals surface area contributed by atoms with Crippen LogP contribution in [0.15, 0.2) is 58.9 Å². The quantitative estimate of drug-likeness (QED) is 0.276. The lowest BCUT2D eigenvalue weighted by Crippen LogP contribution is -2.36. The van der Waals surface area contributed by atoms with Crippen LogP contribution in [0, 0.1) is 29.4 Å². The number of aromatic nitrogens is 3. The number of benzene rings is 2. The number of rotatable bonds is 5. The van der Waals surface area contributed by atoms with Gasteiger partial charge < -0.3 is 5.32 Å². The van der Waals surface area contributed by atoms with Crippen LogP contribution in [0.25, 0.3) is 0 Å². The van der Waals surface area contributed by atoms with E-state index >= 15 is 0 Å². The number of hydrogen-bond donors (Lipinski definition) is 1. The predicted octanol–water partition coefficient (Wildman–Crippen LogP) is 5.75. The minimum atomic E-state index is -0.562. The Morgan fingerprint density at radius 2 is 2.00 bits per heavy atom. The van der Waals surface area contributed by atoms with Crippen molar-refractivity contribution in [2.45, 2.75) is 57.5 Å². The van der Waals surface area contributed by atoms with E-state index in [1.165, 1.54) is 40.6 Å². The molecule has 8 nitrogen and oxygen atoms in total. The largest absolute Gasteiger partial charge is 0.328 e. The Labute approximate surface area is 208 Å². The Morgan fingerprint density at radius 3 is 2.74 bits per heavy atom. The molecule has 0 saturated heterocycles. The van der Waals surface area contributed by atoms with E-state index in [4.69, 9.17) is 10.1 Å². The number of thioether (sulfide) groups is 1. The van der Waals surface area contributed by atoms with Crippen molar-refractivity contribution in [1.82, 2.24) is 14.8 Å². The first-order valence-corrected chi connectivity index (χ1v) is 12.5.